The summed E-state index contributed by atoms with van der Waals surface area (Å²) in [6, 6.07) is 10.3. The van der Waals surface area contributed by atoms with Crippen molar-refractivity contribution in [2.45, 2.75) is 13.5 Å². The van der Waals surface area contributed by atoms with E-state index in [4.69, 9.17) is 28.6 Å². The van der Waals surface area contributed by atoms with E-state index < -0.39 is 5.82 Å². The SMILES string of the molecule is COc1ccc(C)cc1NC(=S)NCc1ccc(F)c(Cl)c1. The Bertz CT molecular complexity index is 694. The van der Waals surface area contributed by atoms with E-state index in [1.54, 1.807) is 19.2 Å². The number of halogens is 2. The van der Waals surface area contributed by atoms with E-state index in [1.807, 2.05) is 25.1 Å². The second-order valence-electron chi connectivity index (χ2n) is 4.76. The maximum atomic E-state index is 13.1. The van der Waals surface area contributed by atoms with Crippen LogP contribution >= 0.6 is 23.8 Å². The largest absolute Gasteiger partial charge is 0.495 e. The molecule has 0 saturated heterocycles. The lowest BCUT2D eigenvalue weighted by Crippen LogP contribution is -2.28. The van der Waals surface area contributed by atoms with Gasteiger partial charge in [0.1, 0.15) is 11.6 Å². The molecule has 22 heavy (non-hydrogen) atoms. The molecule has 0 unspecified atom stereocenters. The summed E-state index contributed by atoms with van der Waals surface area (Å²) in [6.07, 6.45) is 0. The van der Waals surface area contributed by atoms with Gasteiger partial charge in [-0.05, 0) is 54.5 Å². The molecule has 0 radical (unpaired) electrons. The third-order valence-electron chi connectivity index (χ3n) is 3.04. The number of rotatable bonds is 4. The van der Waals surface area contributed by atoms with Crippen molar-refractivity contribution >= 4 is 34.6 Å². The topological polar surface area (TPSA) is 33.3 Å². The summed E-state index contributed by atoms with van der Waals surface area (Å²) in [5, 5.41) is 6.68. The van der Waals surface area contributed by atoms with Crippen molar-refractivity contribution in [1.82, 2.24) is 5.32 Å². The van der Waals surface area contributed by atoms with Crippen LogP contribution in [0.25, 0.3) is 0 Å². The molecule has 2 N–H and O–H groups in total. The molecule has 0 fully saturated rings. The highest BCUT2D eigenvalue weighted by atomic mass is 35.5. The monoisotopic (exact) mass is 338 g/mol. The predicted molar refractivity (Wildman–Crippen MR) is 92.2 cm³/mol. The molecule has 2 rings (SSSR count). The Morgan fingerprint density at radius 2 is 2.05 bits per heavy atom. The standard InChI is InChI=1S/C16H16ClFN2OS/c1-10-3-6-15(21-2)14(7-10)20-16(22)19-9-11-4-5-13(18)12(17)8-11/h3-8H,9H2,1-2H3,(H2,19,20,22). The highest BCUT2D eigenvalue weighted by Crippen LogP contribution is 2.25. The first-order valence-electron chi connectivity index (χ1n) is 6.63. The lowest BCUT2D eigenvalue weighted by Gasteiger charge is -2.14. The number of nitrogens with one attached hydrogen (secondary N) is 2. The quantitative estimate of drug-likeness (QED) is 0.815. The molecule has 0 aliphatic rings. The minimum Gasteiger partial charge on any atom is -0.495 e. The zero-order valence-electron chi connectivity index (χ0n) is 12.2. The Labute approximate surface area is 139 Å². The molecule has 0 spiro atoms. The summed E-state index contributed by atoms with van der Waals surface area (Å²) in [5.41, 5.74) is 2.72. The number of anilines is 1. The van der Waals surface area contributed by atoms with Gasteiger partial charge in [-0.2, -0.15) is 0 Å². The number of ether oxygens (including phenoxy) is 1. The van der Waals surface area contributed by atoms with E-state index >= 15 is 0 Å². The van der Waals surface area contributed by atoms with Gasteiger partial charge in [0.2, 0.25) is 0 Å². The Hall–Kier alpha value is -1.85. The van der Waals surface area contributed by atoms with E-state index in [-0.39, 0.29) is 5.02 Å². The van der Waals surface area contributed by atoms with E-state index in [2.05, 4.69) is 10.6 Å². The van der Waals surface area contributed by atoms with E-state index in [1.165, 1.54) is 6.07 Å². The van der Waals surface area contributed by atoms with Crippen LogP contribution in [0.1, 0.15) is 11.1 Å². The van der Waals surface area contributed by atoms with Gasteiger partial charge >= 0.3 is 0 Å². The second-order valence-corrected chi connectivity index (χ2v) is 5.58. The normalized spacial score (nSPS) is 10.2. The Balaban J connectivity index is 1.98. The fourth-order valence-corrected chi connectivity index (χ4v) is 2.30. The average molecular weight is 339 g/mol. The number of aryl methyl sites for hydroxylation is 1. The molecule has 0 amide bonds. The Morgan fingerprint density at radius 1 is 1.27 bits per heavy atom. The van der Waals surface area contributed by atoms with Crippen molar-refractivity contribution in [1.29, 1.82) is 0 Å². The van der Waals surface area contributed by atoms with Gasteiger partial charge in [0.15, 0.2) is 5.11 Å². The minimum atomic E-state index is -0.435. The summed E-state index contributed by atoms with van der Waals surface area (Å²) in [4.78, 5) is 0. The van der Waals surface area contributed by atoms with Gasteiger partial charge in [-0.3, -0.25) is 0 Å². The van der Waals surface area contributed by atoms with Crippen molar-refractivity contribution in [3.63, 3.8) is 0 Å². The Kier molecular flexibility index (Phi) is 5.57. The van der Waals surface area contributed by atoms with Crippen LogP contribution in [0.15, 0.2) is 36.4 Å². The molecule has 0 bridgehead atoms. The molecule has 0 heterocycles. The second kappa shape index (κ2) is 7.42. The van der Waals surface area contributed by atoms with Crippen LogP contribution in [-0.4, -0.2) is 12.2 Å². The summed E-state index contributed by atoms with van der Waals surface area (Å²) < 4.78 is 18.4. The van der Waals surface area contributed by atoms with Crippen molar-refractivity contribution in [3.8, 4) is 5.75 Å². The van der Waals surface area contributed by atoms with Crippen molar-refractivity contribution < 1.29 is 9.13 Å². The van der Waals surface area contributed by atoms with Gasteiger partial charge in [-0.1, -0.05) is 23.7 Å². The molecule has 6 heteroatoms. The highest BCUT2D eigenvalue weighted by molar-refractivity contribution is 7.80. The third-order valence-corrected chi connectivity index (χ3v) is 3.58. The first-order chi connectivity index (χ1) is 10.5. The van der Waals surface area contributed by atoms with Crippen LogP contribution in [0.5, 0.6) is 5.75 Å². The molecule has 116 valence electrons. The molecule has 0 aliphatic heterocycles. The predicted octanol–water partition coefficient (Wildman–Crippen LogP) is 4.28. The number of thiocarbonyl (C=S) groups is 1. The van der Waals surface area contributed by atoms with Crippen LogP contribution in [0.4, 0.5) is 10.1 Å². The molecule has 0 aromatic heterocycles. The third kappa shape index (κ3) is 4.32. The number of methoxy groups -OCH3 is 1. The van der Waals surface area contributed by atoms with Crippen LogP contribution in [-0.2, 0) is 6.54 Å². The van der Waals surface area contributed by atoms with E-state index in [9.17, 15) is 4.39 Å². The summed E-state index contributed by atoms with van der Waals surface area (Å²) in [6.45, 7) is 2.43. The molecule has 0 aliphatic carbocycles. The smallest absolute Gasteiger partial charge is 0.171 e. The van der Waals surface area contributed by atoms with Crippen LogP contribution < -0.4 is 15.4 Å². The first-order valence-corrected chi connectivity index (χ1v) is 7.41. The summed E-state index contributed by atoms with van der Waals surface area (Å²) in [7, 11) is 1.60. The minimum absolute atomic E-state index is 0.0959. The maximum absolute atomic E-state index is 13.1. The van der Waals surface area contributed by atoms with Crippen molar-refractivity contribution in [3.05, 3.63) is 58.4 Å². The van der Waals surface area contributed by atoms with Gasteiger partial charge < -0.3 is 15.4 Å². The zero-order chi connectivity index (χ0) is 16.1. The van der Waals surface area contributed by atoms with Gasteiger partial charge in [0.25, 0.3) is 0 Å². The van der Waals surface area contributed by atoms with Crippen LogP contribution in [0, 0.1) is 12.7 Å². The van der Waals surface area contributed by atoms with Crippen LogP contribution in [0.2, 0.25) is 5.02 Å². The molecule has 2 aromatic carbocycles. The number of hydrogen-bond acceptors (Lipinski definition) is 2. The number of hydrogen-bond donors (Lipinski definition) is 2. The molecule has 2 aromatic rings. The lowest BCUT2D eigenvalue weighted by molar-refractivity contribution is 0.417. The molecule has 3 nitrogen and oxygen atoms in total. The zero-order valence-corrected chi connectivity index (χ0v) is 13.8. The van der Waals surface area contributed by atoms with Gasteiger partial charge in [0, 0.05) is 6.54 Å². The van der Waals surface area contributed by atoms with Gasteiger partial charge in [0.05, 0.1) is 17.8 Å². The molecular weight excluding hydrogens is 323 g/mol. The fraction of sp³-hybridized carbons (Fsp3) is 0.188. The lowest BCUT2D eigenvalue weighted by atomic mass is 10.2. The first kappa shape index (κ1) is 16.5. The summed E-state index contributed by atoms with van der Waals surface area (Å²) >= 11 is 11.0. The van der Waals surface area contributed by atoms with E-state index in [0.29, 0.717) is 17.4 Å². The van der Waals surface area contributed by atoms with Gasteiger partial charge in [-0.25, -0.2) is 4.39 Å². The maximum Gasteiger partial charge on any atom is 0.171 e. The highest BCUT2D eigenvalue weighted by Gasteiger charge is 2.06. The fourth-order valence-electron chi connectivity index (χ4n) is 1.92. The van der Waals surface area contributed by atoms with Crippen LogP contribution in [0.3, 0.4) is 0 Å². The van der Waals surface area contributed by atoms with Crippen molar-refractivity contribution in [2.75, 3.05) is 12.4 Å². The summed E-state index contributed by atoms with van der Waals surface area (Å²) in [5.74, 6) is 0.273. The Morgan fingerprint density at radius 3 is 2.73 bits per heavy atom. The molecular formula is C16H16ClFN2OS. The molecule has 0 saturated carbocycles. The van der Waals surface area contributed by atoms with Gasteiger partial charge in [-0.15, -0.1) is 0 Å². The number of benzene rings is 2. The van der Waals surface area contributed by atoms with E-state index in [0.717, 1.165) is 16.8 Å². The average Bonchev–Trinajstić information content (AvgIpc) is 2.49. The van der Waals surface area contributed by atoms with Crippen molar-refractivity contribution in [2.24, 2.45) is 0 Å². The molecule has 0 atom stereocenters.